The molecular weight excluding hydrogens is 368 g/mol. The number of anilines is 1. The van der Waals surface area contributed by atoms with Gasteiger partial charge in [0.2, 0.25) is 5.91 Å². The van der Waals surface area contributed by atoms with Gasteiger partial charge >= 0.3 is 0 Å². The fourth-order valence-corrected chi connectivity index (χ4v) is 4.33. The topological polar surface area (TPSA) is 49.4 Å². The largest absolute Gasteiger partial charge is 0.338 e. The van der Waals surface area contributed by atoms with Crippen molar-refractivity contribution in [3.63, 3.8) is 0 Å². The van der Waals surface area contributed by atoms with E-state index in [1.807, 2.05) is 23.3 Å². The van der Waals surface area contributed by atoms with Crippen molar-refractivity contribution in [3.05, 3.63) is 51.2 Å². The molecule has 2 heterocycles. The molecule has 4 nitrogen and oxygen atoms in total. The van der Waals surface area contributed by atoms with Gasteiger partial charge < -0.3 is 10.2 Å². The standard InChI is InChI=1S/C20H23ClN2O2S/c1-14-10-12-26-19(14)20(25)23-11-2-3-15(13-23)4-9-18(24)22-17-7-5-16(21)6-8-17/h5-8,10,12,15H,2-4,9,11,13H2,1H3,(H,22,24). The molecule has 1 aliphatic rings. The maximum atomic E-state index is 12.7. The van der Waals surface area contributed by atoms with Crippen LogP contribution in [-0.2, 0) is 4.79 Å². The van der Waals surface area contributed by atoms with Gasteiger partial charge in [-0.05, 0) is 73.4 Å². The Morgan fingerprint density at radius 1 is 1.27 bits per heavy atom. The molecule has 1 aliphatic heterocycles. The summed E-state index contributed by atoms with van der Waals surface area (Å²) in [6, 6.07) is 9.10. The van der Waals surface area contributed by atoms with E-state index in [2.05, 4.69) is 5.32 Å². The second-order valence-electron chi connectivity index (χ2n) is 6.79. The summed E-state index contributed by atoms with van der Waals surface area (Å²) in [4.78, 5) is 27.6. The van der Waals surface area contributed by atoms with Crippen LogP contribution in [0.1, 0.15) is 40.9 Å². The average Bonchev–Trinajstić information content (AvgIpc) is 3.07. The highest BCUT2D eigenvalue weighted by Crippen LogP contribution is 2.25. The zero-order valence-corrected chi connectivity index (χ0v) is 16.4. The second-order valence-corrected chi connectivity index (χ2v) is 8.14. The van der Waals surface area contributed by atoms with E-state index < -0.39 is 0 Å². The number of nitrogens with zero attached hydrogens (tertiary/aromatic N) is 1. The quantitative estimate of drug-likeness (QED) is 0.782. The third-order valence-corrected chi connectivity index (χ3v) is 6.03. The lowest BCUT2D eigenvalue weighted by Crippen LogP contribution is -2.40. The van der Waals surface area contributed by atoms with Gasteiger partial charge in [0, 0.05) is 30.2 Å². The molecule has 1 aromatic carbocycles. The first kappa shape index (κ1) is 18.9. The number of rotatable bonds is 5. The van der Waals surface area contributed by atoms with Crippen LogP contribution in [0.4, 0.5) is 5.69 Å². The molecule has 0 spiro atoms. The molecule has 1 atom stereocenters. The van der Waals surface area contributed by atoms with Crippen LogP contribution in [0, 0.1) is 12.8 Å². The number of amides is 2. The van der Waals surface area contributed by atoms with Gasteiger partial charge in [0.05, 0.1) is 4.88 Å². The number of hydrogen-bond donors (Lipinski definition) is 1. The summed E-state index contributed by atoms with van der Waals surface area (Å²) >= 11 is 7.36. The van der Waals surface area contributed by atoms with Gasteiger partial charge in [0.15, 0.2) is 0 Å². The molecule has 6 heteroatoms. The van der Waals surface area contributed by atoms with E-state index in [1.54, 1.807) is 24.3 Å². The number of hydrogen-bond acceptors (Lipinski definition) is 3. The number of thiophene rings is 1. The predicted octanol–water partition coefficient (Wildman–Crippen LogP) is 4.98. The lowest BCUT2D eigenvalue weighted by Gasteiger charge is -2.32. The molecule has 0 bridgehead atoms. The van der Waals surface area contributed by atoms with Gasteiger partial charge in [-0.2, -0.15) is 0 Å². The first-order valence-corrected chi connectivity index (χ1v) is 10.2. The smallest absolute Gasteiger partial charge is 0.264 e. The van der Waals surface area contributed by atoms with Crippen LogP contribution in [0.15, 0.2) is 35.7 Å². The van der Waals surface area contributed by atoms with Gasteiger partial charge in [0.1, 0.15) is 0 Å². The molecular formula is C20H23ClN2O2S. The van der Waals surface area contributed by atoms with Crippen molar-refractivity contribution in [3.8, 4) is 0 Å². The minimum absolute atomic E-state index is 0.00451. The Morgan fingerprint density at radius 2 is 2.04 bits per heavy atom. The Morgan fingerprint density at radius 3 is 2.73 bits per heavy atom. The summed E-state index contributed by atoms with van der Waals surface area (Å²) in [5, 5.41) is 5.51. The van der Waals surface area contributed by atoms with E-state index in [9.17, 15) is 9.59 Å². The van der Waals surface area contributed by atoms with E-state index in [1.165, 1.54) is 11.3 Å². The summed E-state index contributed by atoms with van der Waals surface area (Å²) in [6.45, 7) is 3.53. The summed E-state index contributed by atoms with van der Waals surface area (Å²) in [6.07, 6.45) is 3.33. The number of carbonyl (C=O) groups is 2. The van der Waals surface area contributed by atoms with E-state index in [4.69, 9.17) is 11.6 Å². The van der Waals surface area contributed by atoms with Crippen LogP contribution in [-0.4, -0.2) is 29.8 Å². The third kappa shape index (κ3) is 4.86. The maximum Gasteiger partial charge on any atom is 0.264 e. The second kappa shape index (κ2) is 8.69. The maximum absolute atomic E-state index is 12.7. The summed E-state index contributed by atoms with van der Waals surface area (Å²) in [5.74, 6) is 0.515. The number of likely N-dealkylation sites (tertiary alicyclic amines) is 1. The normalized spacial score (nSPS) is 17.2. The van der Waals surface area contributed by atoms with E-state index in [-0.39, 0.29) is 11.8 Å². The Bertz CT molecular complexity index is 772. The molecule has 1 fully saturated rings. The molecule has 0 radical (unpaired) electrons. The van der Waals surface area contributed by atoms with Gasteiger partial charge in [0.25, 0.3) is 5.91 Å². The van der Waals surface area contributed by atoms with E-state index >= 15 is 0 Å². The van der Waals surface area contributed by atoms with Crippen molar-refractivity contribution >= 4 is 40.4 Å². The highest BCUT2D eigenvalue weighted by Gasteiger charge is 2.26. The molecule has 1 aromatic heterocycles. The zero-order chi connectivity index (χ0) is 18.5. The monoisotopic (exact) mass is 390 g/mol. The Balaban J connectivity index is 1.49. The Labute approximate surface area is 163 Å². The van der Waals surface area contributed by atoms with Crippen molar-refractivity contribution in [2.24, 2.45) is 5.92 Å². The number of benzene rings is 1. The molecule has 3 rings (SSSR count). The minimum Gasteiger partial charge on any atom is -0.338 e. The van der Waals surface area contributed by atoms with Crippen LogP contribution in [0.2, 0.25) is 5.02 Å². The number of piperidine rings is 1. The predicted molar refractivity (Wildman–Crippen MR) is 107 cm³/mol. The van der Waals surface area contributed by atoms with Crippen LogP contribution in [0.3, 0.4) is 0 Å². The first-order valence-electron chi connectivity index (χ1n) is 8.91. The molecule has 138 valence electrons. The van der Waals surface area contributed by atoms with Gasteiger partial charge in [-0.3, -0.25) is 9.59 Å². The number of carbonyl (C=O) groups excluding carboxylic acids is 2. The van der Waals surface area contributed by atoms with E-state index in [0.29, 0.717) is 17.4 Å². The average molecular weight is 391 g/mol. The van der Waals surface area contributed by atoms with Crippen LogP contribution in [0.5, 0.6) is 0 Å². The number of halogens is 1. The van der Waals surface area contributed by atoms with Crippen molar-refractivity contribution in [1.82, 2.24) is 4.90 Å². The summed E-state index contributed by atoms with van der Waals surface area (Å²) < 4.78 is 0. The van der Waals surface area contributed by atoms with Crippen LogP contribution in [0.25, 0.3) is 0 Å². The fraction of sp³-hybridized carbons (Fsp3) is 0.400. The highest BCUT2D eigenvalue weighted by atomic mass is 35.5. The molecule has 2 aromatic rings. The van der Waals surface area contributed by atoms with Gasteiger partial charge in [-0.25, -0.2) is 0 Å². The van der Waals surface area contributed by atoms with Crippen molar-refractivity contribution < 1.29 is 9.59 Å². The van der Waals surface area contributed by atoms with Gasteiger partial charge in [-0.1, -0.05) is 11.6 Å². The fourth-order valence-electron chi connectivity index (χ4n) is 3.31. The lowest BCUT2D eigenvalue weighted by atomic mass is 9.93. The van der Waals surface area contributed by atoms with Crippen LogP contribution < -0.4 is 5.32 Å². The lowest BCUT2D eigenvalue weighted by molar-refractivity contribution is -0.116. The molecule has 0 saturated carbocycles. The molecule has 1 N–H and O–H groups in total. The van der Waals surface area contributed by atoms with Crippen molar-refractivity contribution in [1.29, 1.82) is 0 Å². The SMILES string of the molecule is Cc1ccsc1C(=O)N1CCCC(CCC(=O)Nc2ccc(Cl)cc2)C1. The molecule has 1 saturated heterocycles. The van der Waals surface area contributed by atoms with Gasteiger partial charge in [-0.15, -0.1) is 11.3 Å². The molecule has 1 unspecified atom stereocenters. The number of nitrogens with one attached hydrogen (secondary N) is 1. The Hall–Kier alpha value is -1.85. The Kier molecular flexibility index (Phi) is 6.33. The summed E-state index contributed by atoms with van der Waals surface area (Å²) in [5.41, 5.74) is 1.80. The van der Waals surface area contributed by atoms with Crippen molar-refractivity contribution in [2.45, 2.75) is 32.6 Å². The first-order chi connectivity index (χ1) is 12.5. The summed E-state index contributed by atoms with van der Waals surface area (Å²) in [7, 11) is 0. The van der Waals surface area contributed by atoms with Crippen LogP contribution >= 0.6 is 22.9 Å². The molecule has 2 amide bonds. The minimum atomic E-state index is 0.00451. The zero-order valence-electron chi connectivity index (χ0n) is 14.8. The van der Waals surface area contributed by atoms with Crippen molar-refractivity contribution in [2.75, 3.05) is 18.4 Å². The third-order valence-electron chi connectivity index (χ3n) is 4.77. The molecule has 0 aliphatic carbocycles. The number of aryl methyl sites for hydroxylation is 1. The highest BCUT2D eigenvalue weighted by molar-refractivity contribution is 7.12. The van der Waals surface area contributed by atoms with E-state index in [0.717, 1.165) is 48.5 Å². The molecule has 26 heavy (non-hydrogen) atoms.